The highest BCUT2D eigenvalue weighted by Gasteiger charge is 2.18. The Labute approximate surface area is 178 Å². The van der Waals surface area contributed by atoms with Crippen molar-refractivity contribution in [2.45, 2.75) is 54.9 Å². The zero-order valence-corrected chi connectivity index (χ0v) is 19.5. The number of hydrogen-bond donors (Lipinski definition) is 0. The van der Waals surface area contributed by atoms with Gasteiger partial charge in [-0.05, 0) is 57.7 Å². The van der Waals surface area contributed by atoms with Gasteiger partial charge in [-0.3, -0.25) is 9.78 Å². The van der Waals surface area contributed by atoms with E-state index in [-0.39, 0.29) is 0 Å². The molecule has 0 aromatic carbocycles. The van der Waals surface area contributed by atoms with Gasteiger partial charge in [0.2, 0.25) is 0 Å². The highest BCUT2D eigenvalue weighted by atomic mass is 32.1. The molecule has 0 aliphatic carbocycles. The van der Waals surface area contributed by atoms with Crippen molar-refractivity contribution in [3.8, 4) is 16.6 Å². The largest absolute Gasteiger partial charge is 0.384 e. The molecule has 0 aliphatic rings. The molecule has 0 N–H and O–H groups in total. The summed E-state index contributed by atoms with van der Waals surface area (Å²) in [5, 5.41) is 8.77. The maximum atomic E-state index is 11.6. The van der Waals surface area contributed by atoms with Gasteiger partial charge in [-0.15, -0.1) is 11.3 Å². The summed E-state index contributed by atoms with van der Waals surface area (Å²) in [6.07, 6.45) is 3.22. The van der Waals surface area contributed by atoms with Crippen LogP contribution in [0.4, 0.5) is 0 Å². The van der Waals surface area contributed by atoms with E-state index in [2.05, 4.69) is 18.8 Å². The van der Waals surface area contributed by atoms with Gasteiger partial charge in [-0.2, -0.15) is 5.26 Å². The molecular formula is C23H31N3O2S. The van der Waals surface area contributed by atoms with Gasteiger partial charge in [-0.25, -0.2) is 4.98 Å². The van der Waals surface area contributed by atoms with Gasteiger partial charge in [0.15, 0.2) is 0 Å². The van der Waals surface area contributed by atoms with E-state index in [1.165, 1.54) is 17.8 Å². The molecule has 29 heavy (non-hydrogen) atoms. The quantitative estimate of drug-likeness (QED) is 0.433. The Bertz CT molecular complexity index is 923. The maximum absolute atomic E-state index is 11.6. The van der Waals surface area contributed by atoms with Crippen molar-refractivity contribution in [1.82, 2.24) is 9.97 Å². The third kappa shape index (κ3) is 6.59. The first-order valence-electron chi connectivity index (χ1n) is 9.72. The van der Waals surface area contributed by atoms with Crippen LogP contribution in [0.5, 0.6) is 0 Å². The number of allylic oxidation sites excluding steroid dienone is 2. The number of nitrogens with zero attached hydrogens (tertiary/aromatic N) is 3. The van der Waals surface area contributed by atoms with Crippen LogP contribution in [0.1, 0.15) is 66.4 Å². The topological polar surface area (TPSA) is 75.9 Å². The Kier molecular flexibility index (Phi) is 9.87. The summed E-state index contributed by atoms with van der Waals surface area (Å²) in [5.74, 6) is 0.215. The number of rotatable bonds is 6. The van der Waals surface area contributed by atoms with Crippen LogP contribution >= 0.6 is 11.3 Å². The molecule has 156 valence electrons. The predicted octanol–water partition coefficient (Wildman–Crippen LogP) is 5.94. The lowest BCUT2D eigenvalue weighted by molar-refractivity contribution is 0.105. The number of aromatic nitrogens is 2. The number of hydrogen-bond acceptors (Lipinski definition) is 6. The minimum Gasteiger partial charge on any atom is -0.384 e. The SMILES string of the molecule is C/C=C(/C)c1nc(-c2sc(C(=O)C#N)cc2C)c(C)nc1C.CCC(C)COC. The van der Waals surface area contributed by atoms with Crippen molar-refractivity contribution in [3.05, 3.63) is 39.7 Å². The smallest absolute Gasteiger partial charge is 0.272 e. The molecule has 0 aliphatic heterocycles. The number of methoxy groups -OCH3 is 1. The standard InChI is InChI=1S/C17H17N3OS.C6H14O/c1-6-9(2)15-11(4)19-12(5)16(20-15)17-10(3)7-14(22-17)13(21)8-18;1-4-6(2)5-7-3/h6-7H,1-5H3;6H,4-5H2,1-3H3/b9-6-;. The summed E-state index contributed by atoms with van der Waals surface area (Å²) < 4.78 is 4.89. The minimum atomic E-state index is -0.512. The van der Waals surface area contributed by atoms with Crippen molar-refractivity contribution >= 4 is 22.7 Å². The second-order valence-electron chi connectivity index (χ2n) is 7.10. The van der Waals surface area contributed by atoms with Gasteiger partial charge in [0, 0.05) is 13.7 Å². The van der Waals surface area contributed by atoms with E-state index in [0.717, 1.165) is 51.3 Å². The van der Waals surface area contributed by atoms with Crippen molar-refractivity contribution in [3.63, 3.8) is 0 Å². The van der Waals surface area contributed by atoms with Crippen LogP contribution in [0.15, 0.2) is 12.1 Å². The highest BCUT2D eigenvalue weighted by molar-refractivity contribution is 7.17. The van der Waals surface area contributed by atoms with E-state index >= 15 is 0 Å². The van der Waals surface area contributed by atoms with Crippen molar-refractivity contribution in [1.29, 1.82) is 5.26 Å². The van der Waals surface area contributed by atoms with Crippen LogP contribution < -0.4 is 0 Å². The third-order valence-electron chi connectivity index (χ3n) is 4.66. The van der Waals surface area contributed by atoms with Crippen LogP contribution in [-0.2, 0) is 4.74 Å². The van der Waals surface area contributed by atoms with E-state index < -0.39 is 5.78 Å². The van der Waals surface area contributed by atoms with Gasteiger partial charge in [0.25, 0.3) is 5.78 Å². The predicted molar refractivity (Wildman–Crippen MR) is 120 cm³/mol. The number of ketones is 1. The third-order valence-corrected chi connectivity index (χ3v) is 5.90. The van der Waals surface area contributed by atoms with E-state index in [9.17, 15) is 4.79 Å². The van der Waals surface area contributed by atoms with Crippen LogP contribution in [0.25, 0.3) is 16.1 Å². The van der Waals surface area contributed by atoms with E-state index in [4.69, 9.17) is 15.0 Å². The lowest BCUT2D eigenvalue weighted by Crippen LogP contribution is -2.01. The lowest BCUT2D eigenvalue weighted by Gasteiger charge is -2.10. The molecule has 0 spiro atoms. The second kappa shape index (κ2) is 11.6. The van der Waals surface area contributed by atoms with E-state index in [1.807, 2.05) is 40.7 Å². The number of carbonyl (C=O) groups excluding carboxylic acids is 1. The minimum absolute atomic E-state index is 0.445. The normalized spacial score (nSPS) is 12.0. The molecule has 6 heteroatoms. The highest BCUT2D eigenvalue weighted by Crippen LogP contribution is 2.34. The fourth-order valence-electron chi connectivity index (χ4n) is 2.64. The Hall–Kier alpha value is -2.36. The molecule has 0 radical (unpaired) electrons. The van der Waals surface area contributed by atoms with E-state index in [1.54, 1.807) is 19.2 Å². The van der Waals surface area contributed by atoms with Crippen molar-refractivity contribution in [2.24, 2.45) is 5.92 Å². The Balaban J connectivity index is 0.000000516. The zero-order valence-electron chi connectivity index (χ0n) is 18.7. The molecule has 2 rings (SSSR count). The van der Waals surface area contributed by atoms with Crippen molar-refractivity contribution in [2.75, 3.05) is 13.7 Å². The van der Waals surface area contributed by atoms with Gasteiger partial charge < -0.3 is 4.74 Å². The molecule has 5 nitrogen and oxygen atoms in total. The fourth-order valence-corrected chi connectivity index (χ4v) is 3.75. The van der Waals surface area contributed by atoms with Crippen LogP contribution in [0.3, 0.4) is 0 Å². The van der Waals surface area contributed by atoms with Gasteiger partial charge in [-0.1, -0.05) is 26.3 Å². The average Bonchev–Trinajstić information content (AvgIpc) is 3.09. The summed E-state index contributed by atoms with van der Waals surface area (Å²) >= 11 is 1.30. The maximum Gasteiger partial charge on any atom is 0.272 e. The number of Topliss-reactive ketones (excluding diaryl/α,β-unsaturated/α-hetero) is 1. The Morgan fingerprint density at radius 1 is 1.31 bits per heavy atom. The molecule has 2 aromatic rings. The summed E-state index contributed by atoms with van der Waals surface area (Å²) in [4.78, 5) is 22.3. The zero-order chi connectivity index (χ0) is 22.1. The first-order valence-corrected chi connectivity index (χ1v) is 10.5. The molecule has 2 heterocycles. The lowest BCUT2D eigenvalue weighted by atomic mass is 10.1. The number of ether oxygens (including phenoxy) is 1. The van der Waals surface area contributed by atoms with Crippen LogP contribution in [-0.4, -0.2) is 29.5 Å². The number of aryl methyl sites for hydroxylation is 3. The second-order valence-corrected chi connectivity index (χ2v) is 8.15. The number of nitriles is 1. The Morgan fingerprint density at radius 3 is 2.45 bits per heavy atom. The molecule has 0 amide bonds. The molecule has 0 bridgehead atoms. The summed E-state index contributed by atoms with van der Waals surface area (Å²) in [7, 11) is 1.74. The monoisotopic (exact) mass is 413 g/mol. The summed E-state index contributed by atoms with van der Waals surface area (Å²) in [6, 6.07) is 3.41. The van der Waals surface area contributed by atoms with Crippen LogP contribution in [0, 0.1) is 38.0 Å². The van der Waals surface area contributed by atoms with Crippen molar-refractivity contribution < 1.29 is 9.53 Å². The Morgan fingerprint density at radius 2 is 1.97 bits per heavy atom. The molecule has 1 unspecified atom stereocenters. The molecular weight excluding hydrogens is 382 g/mol. The van der Waals surface area contributed by atoms with Gasteiger partial charge in [0.1, 0.15) is 11.8 Å². The molecule has 0 saturated carbocycles. The summed E-state index contributed by atoms with van der Waals surface area (Å²) in [5.41, 5.74) is 5.36. The first-order chi connectivity index (χ1) is 13.7. The molecule has 0 fully saturated rings. The number of carbonyl (C=O) groups is 1. The first kappa shape index (κ1) is 24.7. The van der Waals surface area contributed by atoms with Gasteiger partial charge in [0.05, 0.1) is 26.8 Å². The molecule has 1 atom stereocenters. The van der Waals surface area contributed by atoms with E-state index in [0.29, 0.717) is 4.88 Å². The van der Waals surface area contributed by atoms with Crippen LogP contribution in [0.2, 0.25) is 0 Å². The summed E-state index contributed by atoms with van der Waals surface area (Å²) in [6.45, 7) is 15.0. The average molecular weight is 414 g/mol. The number of thiophene rings is 1. The van der Waals surface area contributed by atoms with Gasteiger partial charge >= 0.3 is 0 Å². The molecule has 2 aromatic heterocycles. The molecule has 0 saturated heterocycles. The fraction of sp³-hybridized carbons (Fsp3) is 0.478.